The van der Waals surface area contributed by atoms with E-state index in [4.69, 9.17) is 13.8 Å². The first-order valence-corrected chi connectivity index (χ1v) is 14.3. The Morgan fingerprint density at radius 1 is 1.13 bits per heavy atom. The van der Waals surface area contributed by atoms with E-state index >= 15 is 0 Å². The monoisotopic (exact) mass is 534 g/mol. The van der Waals surface area contributed by atoms with Crippen LogP contribution in [-0.2, 0) is 13.8 Å². The molecule has 1 unspecified atom stereocenters. The highest BCUT2D eigenvalue weighted by atomic mass is 31.2. The van der Waals surface area contributed by atoms with Gasteiger partial charge in [-0.05, 0) is 43.0 Å². The van der Waals surface area contributed by atoms with Crippen molar-refractivity contribution in [2.75, 3.05) is 11.9 Å². The summed E-state index contributed by atoms with van der Waals surface area (Å²) in [7, 11) is -1.22. The van der Waals surface area contributed by atoms with Gasteiger partial charge in [0.1, 0.15) is 18.1 Å². The lowest BCUT2D eigenvalue weighted by Crippen LogP contribution is -2.28. The number of nitrogens with one attached hydrogen (secondary N) is 1. The van der Waals surface area contributed by atoms with E-state index in [1.165, 1.54) is 10.1 Å². The molecule has 1 amide bonds. The maximum Gasteiger partial charge on any atom is 0.351 e. The van der Waals surface area contributed by atoms with E-state index in [1.54, 1.807) is 36.5 Å². The summed E-state index contributed by atoms with van der Waals surface area (Å²) < 4.78 is 23.2. The van der Waals surface area contributed by atoms with Crippen molar-refractivity contribution >= 4 is 20.3 Å². The van der Waals surface area contributed by atoms with Crippen molar-refractivity contribution in [2.24, 2.45) is 0 Å². The molecule has 3 saturated heterocycles. The maximum absolute atomic E-state index is 12.9. The molecule has 3 fully saturated rings. The number of amides is 1. The number of nitrogens with zero attached hydrogens (tertiary/aromatic N) is 3. The number of hydrogen-bond donors (Lipinski definition) is 1. The average molecular weight is 535 g/mol. The molecular formula is C28H31N4O5P. The predicted octanol–water partition coefficient (Wildman–Crippen LogP) is 5.04. The molecule has 0 aliphatic carbocycles. The SMILES string of the molecule is CC[C@H]1O[C@@H](n2ccc(NC(=O)c3ccccc3)nc2=O)CC1O[P@@]1O[C@H](c2ccccc2)[C@@H]2CCCN21. The van der Waals surface area contributed by atoms with Crippen LogP contribution in [0, 0.1) is 0 Å². The van der Waals surface area contributed by atoms with Gasteiger partial charge < -0.3 is 19.1 Å². The lowest BCUT2D eigenvalue weighted by atomic mass is 10.0. The second-order valence-electron chi connectivity index (χ2n) is 9.79. The van der Waals surface area contributed by atoms with E-state index < -0.39 is 20.4 Å². The molecule has 3 aliphatic heterocycles. The van der Waals surface area contributed by atoms with Crippen molar-refractivity contribution in [2.45, 2.75) is 63.2 Å². The number of aromatic nitrogens is 2. The van der Waals surface area contributed by atoms with Crippen molar-refractivity contribution in [3.63, 3.8) is 0 Å². The van der Waals surface area contributed by atoms with Crippen molar-refractivity contribution in [1.29, 1.82) is 0 Å². The van der Waals surface area contributed by atoms with E-state index in [0.29, 0.717) is 18.0 Å². The Kier molecular flexibility index (Phi) is 7.37. The zero-order valence-corrected chi connectivity index (χ0v) is 22.1. The van der Waals surface area contributed by atoms with Gasteiger partial charge in [-0.15, -0.1) is 0 Å². The fourth-order valence-electron chi connectivity index (χ4n) is 5.47. The first-order chi connectivity index (χ1) is 18.6. The first kappa shape index (κ1) is 25.3. The molecular weight excluding hydrogens is 503 g/mol. The fraction of sp³-hybridized carbons (Fsp3) is 0.393. The van der Waals surface area contributed by atoms with Crippen LogP contribution in [0.25, 0.3) is 0 Å². The van der Waals surface area contributed by atoms with Crippen LogP contribution >= 0.6 is 8.53 Å². The third-order valence-electron chi connectivity index (χ3n) is 7.39. The number of anilines is 1. The summed E-state index contributed by atoms with van der Waals surface area (Å²) in [5.41, 5.74) is 1.19. The summed E-state index contributed by atoms with van der Waals surface area (Å²) in [6.45, 7) is 3.02. The van der Waals surface area contributed by atoms with Crippen LogP contribution in [0.2, 0.25) is 0 Å². The highest BCUT2D eigenvalue weighted by molar-refractivity contribution is 7.44. The van der Waals surface area contributed by atoms with Gasteiger partial charge in [0.05, 0.1) is 12.2 Å². The van der Waals surface area contributed by atoms with Gasteiger partial charge in [0, 0.05) is 30.8 Å². The minimum atomic E-state index is -1.22. The molecule has 1 aromatic heterocycles. The Bertz CT molecular complexity index is 1320. The number of benzene rings is 2. The van der Waals surface area contributed by atoms with E-state index in [2.05, 4.69) is 34.0 Å². The molecule has 6 rings (SSSR count). The molecule has 0 saturated carbocycles. The van der Waals surface area contributed by atoms with Crippen LogP contribution in [0.5, 0.6) is 0 Å². The molecule has 38 heavy (non-hydrogen) atoms. The number of hydrogen-bond acceptors (Lipinski definition) is 7. The minimum Gasteiger partial charge on any atom is -0.352 e. The molecule has 9 nitrogen and oxygen atoms in total. The second-order valence-corrected chi connectivity index (χ2v) is 11.2. The van der Waals surface area contributed by atoms with Crippen LogP contribution in [-0.4, -0.2) is 44.9 Å². The molecule has 4 heterocycles. The fourth-order valence-corrected chi connectivity index (χ4v) is 7.45. The Hall–Kier alpha value is -2.94. The molecule has 0 spiro atoms. The second kappa shape index (κ2) is 11.0. The van der Waals surface area contributed by atoms with Crippen LogP contribution in [0.15, 0.2) is 77.7 Å². The minimum absolute atomic E-state index is 0.00784. The number of fused-ring (bicyclic) bond motifs is 1. The normalized spacial score (nSPS) is 28.9. The largest absolute Gasteiger partial charge is 0.352 e. The molecule has 10 heteroatoms. The molecule has 198 valence electrons. The number of carbonyl (C=O) groups is 1. The van der Waals surface area contributed by atoms with Gasteiger partial charge in [-0.1, -0.05) is 55.5 Å². The maximum atomic E-state index is 12.9. The van der Waals surface area contributed by atoms with Gasteiger partial charge in [-0.3, -0.25) is 9.36 Å². The van der Waals surface area contributed by atoms with Crippen LogP contribution in [0.1, 0.15) is 60.9 Å². The van der Waals surface area contributed by atoms with Gasteiger partial charge in [-0.2, -0.15) is 4.98 Å². The standard InChI is InChI=1S/C28H31N4O5P/c1-2-22-23(36-38-32-16-9-14-21(32)26(37-38)19-10-5-3-6-11-19)18-25(35-22)31-17-15-24(30-28(31)34)29-27(33)20-12-7-4-8-13-20/h3-8,10-13,15,17,21-23,25-26H,2,9,14,16,18H2,1H3,(H,29,30,33,34)/t21-,22+,23?,25+,26+,38-/m0/s1. The Balaban J connectivity index is 1.14. The van der Waals surface area contributed by atoms with Gasteiger partial charge in [0.25, 0.3) is 14.4 Å². The number of carbonyl (C=O) groups excluding carboxylic acids is 1. The molecule has 0 bridgehead atoms. The van der Waals surface area contributed by atoms with Crippen molar-refractivity contribution in [3.05, 3.63) is 94.5 Å². The molecule has 3 aromatic rings. The van der Waals surface area contributed by atoms with Crippen molar-refractivity contribution < 1.29 is 18.6 Å². The quantitative estimate of drug-likeness (QED) is 0.425. The predicted molar refractivity (Wildman–Crippen MR) is 143 cm³/mol. The van der Waals surface area contributed by atoms with Crippen LogP contribution in [0.4, 0.5) is 5.82 Å². The van der Waals surface area contributed by atoms with Gasteiger partial charge >= 0.3 is 5.69 Å². The molecule has 2 aromatic carbocycles. The summed E-state index contributed by atoms with van der Waals surface area (Å²) in [5, 5.41) is 2.68. The van der Waals surface area contributed by atoms with Crippen LogP contribution in [0.3, 0.4) is 0 Å². The lowest BCUT2D eigenvalue weighted by molar-refractivity contribution is -0.0188. The number of ether oxygens (including phenoxy) is 1. The molecule has 0 radical (unpaired) electrons. The van der Waals surface area contributed by atoms with E-state index in [1.807, 2.05) is 24.3 Å². The summed E-state index contributed by atoms with van der Waals surface area (Å²) in [5.74, 6) is -0.118. The van der Waals surface area contributed by atoms with E-state index in [0.717, 1.165) is 25.8 Å². The lowest BCUT2D eigenvalue weighted by Gasteiger charge is -2.25. The van der Waals surface area contributed by atoms with Gasteiger partial charge in [0.15, 0.2) is 0 Å². The van der Waals surface area contributed by atoms with Crippen molar-refractivity contribution in [3.8, 4) is 0 Å². The van der Waals surface area contributed by atoms with Crippen LogP contribution < -0.4 is 11.0 Å². The highest BCUT2D eigenvalue weighted by Crippen LogP contribution is 2.61. The highest BCUT2D eigenvalue weighted by Gasteiger charge is 2.49. The first-order valence-electron chi connectivity index (χ1n) is 13.2. The zero-order valence-electron chi connectivity index (χ0n) is 21.2. The third kappa shape index (κ3) is 5.05. The van der Waals surface area contributed by atoms with E-state index in [9.17, 15) is 9.59 Å². The summed E-state index contributed by atoms with van der Waals surface area (Å²) in [6.07, 6.45) is 4.27. The zero-order chi connectivity index (χ0) is 26.1. The summed E-state index contributed by atoms with van der Waals surface area (Å²) in [6, 6.07) is 21.1. The van der Waals surface area contributed by atoms with Gasteiger partial charge in [0.2, 0.25) is 0 Å². The average Bonchev–Trinajstić information content (AvgIpc) is 3.66. The summed E-state index contributed by atoms with van der Waals surface area (Å²) in [4.78, 5) is 29.4. The van der Waals surface area contributed by atoms with E-state index in [-0.39, 0.29) is 30.0 Å². The third-order valence-corrected chi connectivity index (χ3v) is 9.16. The molecule has 3 aliphatic rings. The topological polar surface area (TPSA) is 94.9 Å². The van der Waals surface area contributed by atoms with Crippen molar-refractivity contribution in [1.82, 2.24) is 14.2 Å². The van der Waals surface area contributed by atoms with Gasteiger partial charge in [-0.25, -0.2) is 9.46 Å². The number of rotatable bonds is 7. The smallest absolute Gasteiger partial charge is 0.351 e. The molecule has 6 atom stereocenters. The summed E-state index contributed by atoms with van der Waals surface area (Å²) >= 11 is 0. The Labute approximate surface area is 222 Å². The molecule has 1 N–H and O–H groups in total. The Morgan fingerprint density at radius 2 is 1.89 bits per heavy atom. The Morgan fingerprint density at radius 3 is 2.63 bits per heavy atom.